The molecule has 0 aliphatic heterocycles. The summed E-state index contributed by atoms with van der Waals surface area (Å²) in [5, 5.41) is 7.07. The van der Waals surface area contributed by atoms with E-state index in [-0.39, 0.29) is 18.3 Å². The van der Waals surface area contributed by atoms with Crippen LogP contribution < -0.4 is 14.8 Å². The number of aromatic nitrogens is 2. The number of furan rings is 1. The summed E-state index contributed by atoms with van der Waals surface area (Å²) in [6.45, 7) is 1.11. The number of ether oxygens (including phenoxy) is 2. The van der Waals surface area contributed by atoms with Crippen molar-refractivity contribution in [2.45, 2.75) is 26.0 Å². The second kappa shape index (κ2) is 7.57. The van der Waals surface area contributed by atoms with Gasteiger partial charge in [-0.3, -0.25) is 9.48 Å². The van der Waals surface area contributed by atoms with Crippen molar-refractivity contribution >= 4 is 11.6 Å². The normalized spacial score (nSPS) is 13.4. The average molecular weight is 367 g/mol. The quantitative estimate of drug-likeness (QED) is 0.656. The summed E-state index contributed by atoms with van der Waals surface area (Å²) in [6, 6.07) is 10.7. The molecule has 0 bridgehead atoms. The number of methoxy groups -OCH3 is 1. The van der Waals surface area contributed by atoms with Crippen LogP contribution in [0.2, 0.25) is 0 Å². The number of nitrogens with zero attached hydrogens (tertiary/aromatic N) is 2. The highest BCUT2D eigenvalue weighted by molar-refractivity contribution is 6.02. The Morgan fingerprint density at radius 2 is 2.07 bits per heavy atom. The van der Waals surface area contributed by atoms with Gasteiger partial charge in [0.05, 0.1) is 19.0 Å². The molecular weight excluding hydrogens is 346 g/mol. The van der Waals surface area contributed by atoms with E-state index in [1.165, 1.54) is 12.8 Å². The lowest BCUT2D eigenvalue weighted by atomic mass is 10.3. The fraction of sp³-hybridized carbons (Fsp3) is 0.300. The smallest absolute Gasteiger partial charge is 0.291 e. The SMILES string of the molecule is COc1ccccc1OCc1ccc(C(=O)Nc2cnn(CC3CC3)c2)o1. The van der Waals surface area contributed by atoms with Crippen LogP contribution in [0.4, 0.5) is 5.69 Å². The van der Waals surface area contributed by atoms with Crippen LogP contribution in [0, 0.1) is 5.92 Å². The van der Waals surface area contributed by atoms with Crippen molar-refractivity contribution < 1.29 is 18.7 Å². The average Bonchev–Trinajstić information content (AvgIpc) is 3.18. The first kappa shape index (κ1) is 17.2. The first-order valence-corrected chi connectivity index (χ1v) is 8.89. The third-order valence-electron chi connectivity index (χ3n) is 4.36. The van der Waals surface area contributed by atoms with E-state index in [0.29, 0.717) is 22.9 Å². The Labute approximate surface area is 156 Å². The lowest BCUT2D eigenvalue weighted by Crippen LogP contribution is -2.10. The fourth-order valence-electron chi connectivity index (χ4n) is 2.75. The van der Waals surface area contributed by atoms with Gasteiger partial charge in [0, 0.05) is 12.7 Å². The lowest BCUT2D eigenvalue weighted by molar-refractivity contribution is 0.0992. The molecule has 3 aromatic rings. The zero-order chi connectivity index (χ0) is 18.6. The molecule has 1 aromatic carbocycles. The molecule has 0 atom stereocenters. The van der Waals surface area contributed by atoms with E-state index in [2.05, 4.69) is 10.4 Å². The number of carbonyl (C=O) groups is 1. The Balaban J connectivity index is 1.34. The number of hydrogen-bond donors (Lipinski definition) is 1. The summed E-state index contributed by atoms with van der Waals surface area (Å²) < 4.78 is 18.4. The first-order chi connectivity index (χ1) is 13.2. The van der Waals surface area contributed by atoms with Crippen LogP contribution in [0.25, 0.3) is 0 Å². The first-order valence-electron chi connectivity index (χ1n) is 8.89. The zero-order valence-corrected chi connectivity index (χ0v) is 15.1. The highest BCUT2D eigenvalue weighted by Gasteiger charge is 2.22. The number of rotatable bonds is 8. The van der Waals surface area contributed by atoms with Crippen molar-refractivity contribution in [3.63, 3.8) is 0 Å². The Kier molecular flexibility index (Phi) is 4.82. The number of amides is 1. The third kappa shape index (κ3) is 4.31. The molecule has 1 amide bonds. The maximum atomic E-state index is 12.3. The van der Waals surface area contributed by atoms with E-state index < -0.39 is 0 Å². The molecule has 0 unspecified atom stereocenters. The molecule has 0 spiro atoms. The summed E-state index contributed by atoms with van der Waals surface area (Å²) >= 11 is 0. The predicted molar refractivity (Wildman–Crippen MR) is 98.9 cm³/mol. The zero-order valence-electron chi connectivity index (χ0n) is 15.1. The molecule has 2 aromatic heterocycles. The predicted octanol–water partition coefficient (Wildman–Crippen LogP) is 3.73. The van der Waals surface area contributed by atoms with Crippen LogP contribution >= 0.6 is 0 Å². The van der Waals surface area contributed by atoms with Crippen molar-refractivity contribution in [3.8, 4) is 11.5 Å². The van der Waals surface area contributed by atoms with Crippen LogP contribution in [0.1, 0.15) is 29.2 Å². The van der Waals surface area contributed by atoms with Gasteiger partial charge in [0.15, 0.2) is 17.3 Å². The van der Waals surface area contributed by atoms with Gasteiger partial charge in [-0.05, 0) is 43.0 Å². The van der Waals surface area contributed by atoms with Gasteiger partial charge < -0.3 is 19.2 Å². The standard InChI is InChI=1S/C20H21N3O4/c1-25-17-4-2-3-5-18(17)26-13-16-8-9-19(27-16)20(24)22-15-10-21-23(12-15)11-14-6-7-14/h2-5,8-10,12,14H,6-7,11,13H2,1H3,(H,22,24). The Hall–Kier alpha value is -3.22. The molecule has 27 heavy (non-hydrogen) atoms. The molecule has 1 aliphatic rings. The maximum Gasteiger partial charge on any atom is 0.291 e. The second-order valence-corrected chi connectivity index (χ2v) is 6.55. The molecule has 4 rings (SSSR count). The molecular formula is C20H21N3O4. The van der Waals surface area contributed by atoms with Gasteiger partial charge in [-0.15, -0.1) is 0 Å². The van der Waals surface area contributed by atoms with Gasteiger partial charge in [-0.25, -0.2) is 0 Å². The van der Waals surface area contributed by atoms with Gasteiger partial charge >= 0.3 is 0 Å². The van der Waals surface area contributed by atoms with Crippen LogP contribution in [-0.4, -0.2) is 22.8 Å². The molecule has 140 valence electrons. The summed E-state index contributed by atoms with van der Waals surface area (Å²) in [6.07, 6.45) is 6.00. The van der Waals surface area contributed by atoms with Crippen molar-refractivity contribution in [2.24, 2.45) is 5.92 Å². The number of nitrogens with one attached hydrogen (secondary N) is 1. The van der Waals surface area contributed by atoms with E-state index >= 15 is 0 Å². The molecule has 7 nitrogen and oxygen atoms in total. The van der Waals surface area contributed by atoms with Crippen LogP contribution in [0.3, 0.4) is 0 Å². The monoisotopic (exact) mass is 367 g/mol. The molecule has 0 saturated heterocycles. The molecule has 1 fully saturated rings. The van der Waals surface area contributed by atoms with Crippen LogP contribution in [0.15, 0.2) is 53.2 Å². The van der Waals surface area contributed by atoms with Crippen LogP contribution in [-0.2, 0) is 13.2 Å². The summed E-state index contributed by atoms with van der Waals surface area (Å²) in [7, 11) is 1.59. The molecule has 1 aliphatic carbocycles. The summed E-state index contributed by atoms with van der Waals surface area (Å²) in [5.41, 5.74) is 0.656. The van der Waals surface area contributed by atoms with E-state index in [0.717, 1.165) is 12.5 Å². The van der Waals surface area contributed by atoms with E-state index in [9.17, 15) is 4.79 Å². The van der Waals surface area contributed by atoms with E-state index in [1.54, 1.807) is 25.4 Å². The van der Waals surface area contributed by atoms with Crippen molar-refractivity contribution in [2.75, 3.05) is 12.4 Å². The van der Waals surface area contributed by atoms with Gasteiger partial charge in [-0.2, -0.15) is 5.10 Å². The number of carbonyl (C=O) groups excluding carboxylic acids is 1. The molecule has 1 N–H and O–H groups in total. The number of anilines is 1. The number of benzene rings is 1. The van der Waals surface area contributed by atoms with Gasteiger partial charge in [0.25, 0.3) is 5.91 Å². The van der Waals surface area contributed by atoms with Crippen LogP contribution in [0.5, 0.6) is 11.5 Å². The molecule has 1 saturated carbocycles. The minimum Gasteiger partial charge on any atom is -0.493 e. The highest BCUT2D eigenvalue weighted by Crippen LogP contribution is 2.30. The van der Waals surface area contributed by atoms with Crippen molar-refractivity contribution in [1.82, 2.24) is 9.78 Å². The molecule has 7 heteroatoms. The van der Waals surface area contributed by atoms with E-state index in [4.69, 9.17) is 13.9 Å². The Bertz CT molecular complexity index is 927. The third-order valence-corrected chi connectivity index (χ3v) is 4.36. The second-order valence-electron chi connectivity index (χ2n) is 6.55. The summed E-state index contributed by atoms with van der Waals surface area (Å²) in [4.78, 5) is 12.3. The fourth-order valence-corrected chi connectivity index (χ4v) is 2.75. The Morgan fingerprint density at radius 1 is 1.26 bits per heavy atom. The van der Waals surface area contributed by atoms with Crippen molar-refractivity contribution in [3.05, 3.63) is 60.3 Å². The number of hydrogen-bond acceptors (Lipinski definition) is 5. The largest absolute Gasteiger partial charge is 0.493 e. The maximum absolute atomic E-state index is 12.3. The van der Waals surface area contributed by atoms with Crippen molar-refractivity contribution in [1.29, 1.82) is 0 Å². The summed E-state index contributed by atoms with van der Waals surface area (Å²) in [5.74, 6) is 2.45. The molecule has 2 heterocycles. The molecule has 0 radical (unpaired) electrons. The highest BCUT2D eigenvalue weighted by atomic mass is 16.5. The number of para-hydroxylation sites is 2. The minimum atomic E-state index is -0.315. The van der Waals surface area contributed by atoms with Gasteiger partial charge in [0.1, 0.15) is 12.4 Å². The van der Waals surface area contributed by atoms with E-state index in [1.807, 2.05) is 35.1 Å². The Morgan fingerprint density at radius 3 is 2.85 bits per heavy atom. The minimum absolute atomic E-state index is 0.201. The topological polar surface area (TPSA) is 78.5 Å². The van der Waals surface area contributed by atoms with Gasteiger partial charge in [-0.1, -0.05) is 12.1 Å². The van der Waals surface area contributed by atoms with Gasteiger partial charge in [0.2, 0.25) is 0 Å². The lowest BCUT2D eigenvalue weighted by Gasteiger charge is -2.08.